The van der Waals surface area contributed by atoms with Crippen LogP contribution in [0.2, 0.25) is 0 Å². The summed E-state index contributed by atoms with van der Waals surface area (Å²) >= 11 is 0. The van der Waals surface area contributed by atoms with Gasteiger partial charge in [-0.3, -0.25) is 14.7 Å². The van der Waals surface area contributed by atoms with E-state index in [4.69, 9.17) is 4.74 Å². The molecular formula is C28H35N5O3. The lowest BCUT2D eigenvalue weighted by Gasteiger charge is -2.27. The number of aromatic nitrogens is 2. The van der Waals surface area contributed by atoms with Gasteiger partial charge in [0.15, 0.2) is 0 Å². The quantitative estimate of drug-likeness (QED) is 0.423. The second-order valence-electron chi connectivity index (χ2n) is 9.25. The molecule has 1 N–H and O–H groups in total. The number of hydrogen-bond acceptors (Lipinski definition) is 6. The summed E-state index contributed by atoms with van der Waals surface area (Å²) in [6.45, 7) is 11.5. The summed E-state index contributed by atoms with van der Waals surface area (Å²) in [4.78, 5) is 38.4. The van der Waals surface area contributed by atoms with Crippen LogP contribution in [-0.2, 0) is 11.2 Å². The van der Waals surface area contributed by atoms with E-state index in [1.807, 2.05) is 57.7 Å². The van der Waals surface area contributed by atoms with Crippen molar-refractivity contribution in [3.63, 3.8) is 0 Å². The van der Waals surface area contributed by atoms with Gasteiger partial charge in [-0.25, -0.2) is 9.78 Å². The van der Waals surface area contributed by atoms with Gasteiger partial charge in [-0.05, 0) is 83.1 Å². The molecule has 0 aliphatic carbocycles. The molecule has 0 spiro atoms. The van der Waals surface area contributed by atoms with Crippen LogP contribution in [0.25, 0.3) is 0 Å². The van der Waals surface area contributed by atoms with Crippen LogP contribution in [0.15, 0.2) is 67.0 Å². The van der Waals surface area contributed by atoms with Crippen molar-refractivity contribution in [1.82, 2.24) is 9.97 Å². The fourth-order valence-corrected chi connectivity index (χ4v) is 3.69. The molecule has 8 heteroatoms. The Morgan fingerprint density at radius 1 is 0.917 bits per heavy atom. The van der Waals surface area contributed by atoms with E-state index < -0.39 is 11.7 Å². The van der Waals surface area contributed by atoms with Gasteiger partial charge in [0.25, 0.3) is 5.91 Å². The number of nitrogens with zero attached hydrogens (tertiary/aromatic N) is 4. The Morgan fingerprint density at radius 3 is 2.22 bits per heavy atom. The standard InChI is InChI=1S/C28H35N5O3/c1-6-32(7-2)25-24(12-10-19-30-25)26(34)31-22-13-15-23(16-14-22)33(27(35)36-28(3,4)5)20-17-21-11-8-9-18-29-21/h8-16,18-19H,6-7,17,20H2,1-5H3,(H,31,34). The van der Waals surface area contributed by atoms with Gasteiger partial charge in [0.2, 0.25) is 0 Å². The Balaban J connectivity index is 1.78. The van der Waals surface area contributed by atoms with Crippen molar-refractivity contribution in [2.45, 2.75) is 46.6 Å². The van der Waals surface area contributed by atoms with Gasteiger partial charge in [-0.1, -0.05) is 6.07 Å². The molecule has 2 amide bonds. The SMILES string of the molecule is CCN(CC)c1ncccc1C(=O)Nc1ccc(N(CCc2ccccn2)C(=O)OC(C)(C)C)cc1. The number of carbonyl (C=O) groups is 2. The van der Waals surface area contributed by atoms with Crippen LogP contribution in [0.1, 0.15) is 50.7 Å². The number of carbonyl (C=O) groups excluding carboxylic acids is 2. The zero-order chi connectivity index (χ0) is 26.1. The maximum atomic E-state index is 13.0. The number of nitrogens with one attached hydrogen (secondary N) is 1. The topological polar surface area (TPSA) is 87.7 Å². The van der Waals surface area contributed by atoms with E-state index >= 15 is 0 Å². The van der Waals surface area contributed by atoms with Crippen LogP contribution in [0, 0.1) is 0 Å². The molecule has 0 radical (unpaired) electrons. The van der Waals surface area contributed by atoms with E-state index in [0.29, 0.717) is 35.7 Å². The lowest BCUT2D eigenvalue weighted by Crippen LogP contribution is -2.38. The first-order valence-electron chi connectivity index (χ1n) is 12.2. The molecule has 8 nitrogen and oxygen atoms in total. The number of benzene rings is 1. The average Bonchev–Trinajstić information content (AvgIpc) is 2.86. The molecule has 0 atom stereocenters. The van der Waals surface area contributed by atoms with Gasteiger partial charge < -0.3 is 15.0 Å². The first-order chi connectivity index (χ1) is 17.2. The normalized spacial score (nSPS) is 11.0. The summed E-state index contributed by atoms with van der Waals surface area (Å²) < 4.78 is 5.64. The van der Waals surface area contributed by atoms with Crippen LogP contribution in [-0.4, -0.2) is 47.2 Å². The van der Waals surface area contributed by atoms with Crippen molar-refractivity contribution < 1.29 is 14.3 Å². The maximum Gasteiger partial charge on any atom is 0.414 e. The third-order valence-corrected chi connectivity index (χ3v) is 5.46. The Bertz CT molecular complexity index is 1140. The summed E-state index contributed by atoms with van der Waals surface area (Å²) in [5.74, 6) is 0.416. The molecule has 3 rings (SSSR count). The summed E-state index contributed by atoms with van der Waals surface area (Å²) in [6.07, 6.45) is 3.57. The van der Waals surface area contributed by atoms with Gasteiger partial charge in [0.05, 0.1) is 5.56 Å². The molecule has 0 aliphatic heterocycles. The van der Waals surface area contributed by atoms with Crippen molar-refractivity contribution in [3.8, 4) is 0 Å². The predicted molar refractivity (Wildman–Crippen MR) is 144 cm³/mol. The van der Waals surface area contributed by atoms with Gasteiger partial charge in [-0.15, -0.1) is 0 Å². The number of hydrogen-bond donors (Lipinski definition) is 1. The highest BCUT2D eigenvalue weighted by molar-refractivity contribution is 6.07. The van der Waals surface area contributed by atoms with Gasteiger partial charge in [0.1, 0.15) is 11.4 Å². The van der Waals surface area contributed by atoms with Crippen molar-refractivity contribution in [2.24, 2.45) is 0 Å². The third kappa shape index (κ3) is 7.28. The van der Waals surface area contributed by atoms with E-state index in [0.717, 1.165) is 18.8 Å². The van der Waals surface area contributed by atoms with Gasteiger partial charge >= 0.3 is 6.09 Å². The fourth-order valence-electron chi connectivity index (χ4n) is 3.69. The van der Waals surface area contributed by atoms with Crippen LogP contribution in [0.3, 0.4) is 0 Å². The zero-order valence-corrected chi connectivity index (χ0v) is 21.7. The first kappa shape index (κ1) is 26.7. The number of anilines is 3. The molecule has 0 saturated heterocycles. The molecule has 0 fully saturated rings. The molecule has 2 heterocycles. The Labute approximate surface area is 213 Å². The lowest BCUT2D eigenvalue weighted by molar-refractivity contribution is 0.0580. The smallest absolute Gasteiger partial charge is 0.414 e. The minimum atomic E-state index is -0.624. The number of rotatable bonds is 9. The molecule has 0 saturated carbocycles. The summed E-state index contributed by atoms with van der Waals surface area (Å²) in [6, 6.07) is 16.4. The molecule has 0 aliphatic rings. The monoisotopic (exact) mass is 489 g/mol. The Hall–Kier alpha value is -3.94. The summed E-state index contributed by atoms with van der Waals surface area (Å²) in [5, 5.41) is 2.94. The number of pyridine rings is 2. The predicted octanol–water partition coefficient (Wildman–Crippen LogP) is 5.56. The fraction of sp³-hybridized carbons (Fsp3) is 0.357. The second-order valence-corrected chi connectivity index (χ2v) is 9.25. The van der Waals surface area contributed by atoms with Crippen molar-refractivity contribution in [2.75, 3.05) is 34.8 Å². The average molecular weight is 490 g/mol. The minimum absolute atomic E-state index is 0.239. The lowest BCUT2D eigenvalue weighted by atomic mass is 10.2. The van der Waals surface area contributed by atoms with Crippen LogP contribution in [0.4, 0.5) is 22.0 Å². The van der Waals surface area contributed by atoms with Gasteiger partial charge in [0, 0.05) is 55.5 Å². The highest BCUT2D eigenvalue weighted by atomic mass is 16.6. The van der Waals surface area contributed by atoms with E-state index in [2.05, 4.69) is 15.3 Å². The van der Waals surface area contributed by atoms with Crippen LogP contribution < -0.4 is 15.1 Å². The highest BCUT2D eigenvalue weighted by Crippen LogP contribution is 2.23. The van der Waals surface area contributed by atoms with Crippen LogP contribution in [0.5, 0.6) is 0 Å². The summed E-state index contributed by atoms with van der Waals surface area (Å²) in [7, 11) is 0. The van der Waals surface area contributed by atoms with Crippen molar-refractivity contribution >= 4 is 29.2 Å². The van der Waals surface area contributed by atoms with Crippen LogP contribution >= 0.6 is 0 Å². The molecule has 1 aromatic carbocycles. The second kappa shape index (κ2) is 12.2. The van der Waals surface area contributed by atoms with E-state index in [9.17, 15) is 9.59 Å². The maximum absolute atomic E-state index is 13.0. The third-order valence-electron chi connectivity index (χ3n) is 5.46. The Kier molecular flexibility index (Phi) is 9.00. The first-order valence-corrected chi connectivity index (χ1v) is 12.2. The summed E-state index contributed by atoms with van der Waals surface area (Å²) in [5.41, 5.74) is 2.06. The van der Waals surface area contributed by atoms with E-state index in [1.165, 1.54) is 0 Å². The van der Waals surface area contributed by atoms with Gasteiger partial charge in [-0.2, -0.15) is 0 Å². The van der Waals surface area contributed by atoms with Crippen molar-refractivity contribution in [3.05, 3.63) is 78.2 Å². The Morgan fingerprint density at radius 2 is 1.61 bits per heavy atom. The van der Waals surface area contributed by atoms with E-state index in [-0.39, 0.29) is 5.91 Å². The number of amides is 2. The molecule has 2 aromatic heterocycles. The molecule has 3 aromatic rings. The zero-order valence-electron chi connectivity index (χ0n) is 21.7. The van der Waals surface area contributed by atoms with Crippen molar-refractivity contribution in [1.29, 1.82) is 0 Å². The molecule has 190 valence electrons. The highest BCUT2D eigenvalue weighted by Gasteiger charge is 2.24. The molecule has 0 unspecified atom stereocenters. The largest absolute Gasteiger partial charge is 0.443 e. The number of ether oxygens (including phenoxy) is 1. The molecular weight excluding hydrogens is 454 g/mol. The molecule has 0 bridgehead atoms. The van der Waals surface area contributed by atoms with E-state index in [1.54, 1.807) is 53.7 Å². The molecule has 36 heavy (non-hydrogen) atoms. The minimum Gasteiger partial charge on any atom is -0.443 e.